The maximum absolute atomic E-state index is 3.79. The maximum Gasteiger partial charge on any atom is 0.00670 e. The standard InChI is InChI=1S/C16H33N/c1-4-7-9-10-11-13-15-16(17-6-3)14-12-8-5-2/h5,16-17H,2,4,6-15H2,1,3H3. The zero-order valence-corrected chi connectivity index (χ0v) is 12.1. The smallest absolute Gasteiger partial charge is 0.00670 e. The molecule has 0 aliphatic rings. The van der Waals surface area contributed by atoms with Crippen LogP contribution in [0.15, 0.2) is 12.7 Å². The quantitative estimate of drug-likeness (QED) is 0.349. The fourth-order valence-electron chi connectivity index (χ4n) is 2.32. The molecule has 0 aromatic heterocycles. The minimum absolute atomic E-state index is 0.742. The van der Waals surface area contributed by atoms with Crippen molar-refractivity contribution in [2.75, 3.05) is 6.54 Å². The van der Waals surface area contributed by atoms with Crippen molar-refractivity contribution >= 4 is 0 Å². The van der Waals surface area contributed by atoms with Gasteiger partial charge < -0.3 is 5.32 Å². The van der Waals surface area contributed by atoms with Crippen LogP contribution in [0.2, 0.25) is 0 Å². The molecule has 0 aromatic rings. The first-order valence-corrected chi connectivity index (χ1v) is 7.69. The van der Waals surface area contributed by atoms with E-state index in [1.165, 1.54) is 64.2 Å². The first-order chi connectivity index (χ1) is 8.35. The SMILES string of the molecule is C=CCCCC(CCCCCCCC)NCC. The molecule has 1 N–H and O–H groups in total. The molecule has 1 atom stereocenters. The van der Waals surface area contributed by atoms with Crippen LogP contribution in [0, 0.1) is 0 Å². The summed E-state index contributed by atoms with van der Waals surface area (Å²) in [4.78, 5) is 0. The molecule has 0 spiro atoms. The average Bonchev–Trinajstić information content (AvgIpc) is 2.34. The minimum atomic E-state index is 0.742. The summed E-state index contributed by atoms with van der Waals surface area (Å²) < 4.78 is 0. The third-order valence-electron chi connectivity index (χ3n) is 3.36. The average molecular weight is 239 g/mol. The molecule has 0 amide bonds. The Bertz CT molecular complexity index is 154. The van der Waals surface area contributed by atoms with Crippen molar-refractivity contribution < 1.29 is 0 Å². The highest BCUT2D eigenvalue weighted by atomic mass is 14.9. The lowest BCUT2D eigenvalue weighted by atomic mass is 10.0. The second kappa shape index (κ2) is 13.8. The van der Waals surface area contributed by atoms with Crippen LogP contribution in [0.25, 0.3) is 0 Å². The molecule has 0 radical (unpaired) electrons. The molecule has 1 heteroatoms. The summed E-state index contributed by atoms with van der Waals surface area (Å²) in [5.74, 6) is 0. The van der Waals surface area contributed by atoms with E-state index in [1.54, 1.807) is 0 Å². The molecular weight excluding hydrogens is 206 g/mol. The summed E-state index contributed by atoms with van der Waals surface area (Å²) in [6, 6.07) is 0.742. The van der Waals surface area contributed by atoms with Crippen LogP contribution in [-0.4, -0.2) is 12.6 Å². The van der Waals surface area contributed by atoms with Gasteiger partial charge in [0, 0.05) is 6.04 Å². The molecule has 0 saturated carbocycles. The molecule has 0 fully saturated rings. The Hall–Kier alpha value is -0.300. The second-order valence-corrected chi connectivity index (χ2v) is 5.03. The van der Waals surface area contributed by atoms with Crippen molar-refractivity contribution in [1.29, 1.82) is 0 Å². The molecule has 0 rings (SSSR count). The fourth-order valence-corrected chi connectivity index (χ4v) is 2.32. The predicted molar refractivity (Wildman–Crippen MR) is 79.5 cm³/mol. The zero-order chi connectivity index (χ0) is 12.8. The van der Waals surface area contributed by atoms with Crippen molar-refractivity contribution in [3.05, 3.63) is 12.7 Å². The third-order valence-corrected chi connectivity index (χ3v) is 3.36. The summed E-state index contributed by atoms with van der Waals surface area (Å²) in [6.07, 6.45) is 15.6. The third kappa shape index (κ3) is 12.0. The number of hydrogen-bond acceptors (Lipinski definition) is 1. The van der Waals surface area contributed by atoms with Gasteiger partial charge >= 0.3 is 0 Å². The maximum atomic E-state index is 3.79. The summed E-state index contributed by atoms with van der Waals surface area (Å²) >= 11 is 0. The second-order valence-electron chi connectivity index (χ2n) is 5.03. The van der Waals surface area contributed by atoms with Crippen LogP contribution in [0.1, 0.15) is 78.1 Å². The Morgan fingerprint density at radius 3 is 2.24 bits per heavy atom. The lowest BCUT2D eigenvalue weighted by molar-refractivity contribution is 0.430. The van der Waals surface area contributed by atoms with Crippen molar-refractivity contribution in [3.8, 4) is 0 Å². The molecular formula is C16H33N. The highest BCUT2D eigenvalue weighted by Gasteiger charge is 2.05. The van der Waals surface area contributed by atoms with E-state index in [1.807, 2.05) is 6.08 Å². The molecule has 17 heavy (non-hydrogen) atoms. The van der Waals surface area contributed by atoms with Crippen molar-refractivity contribution in [3.63, 3.8) is 0 Å². The number of rotatable bonds is 13. The molecule has 0 bridgehead atoms. The van der Waals surface area contributed by atoms with Gasteiger partial charge in [0.25, 0.3) is 0 Å². The monoisotopic (exact) mass is 239 g/mol. The van der Waals surface area contributed by atoms with E-state index >= 15 is 0 Å². The van der Waals surface area contributed by atoms with Crippen molar-refractivity contribution in [2.24, 2.45) is 0 Å². The largest absolute Gasteiger partial charge is 0.314 e. The van der Waals surface area contributed by atoms with Crippen LogP contribution >= 0.6 is 0 Å². The highest BCUT2D eigenvalue weighted by Crippen LogP contribution is 2.12. The number of unbranched alkanes of at least 4 members (excludes halogenated alkanes) is 6. The lowest BCUT2D eigenvalue weighted by Gasteiger charge is -2.17. The van der Waals surface area contributed by atoms with E-state index in [0.29, 0.717) is 0 Å². The van der Waals surface area contributed by atoms with Gasteiger partial charge in [0.15, 0.2) is 0 Å². The topological polar surface area (TPSA) is 12.0 Å². The number of hydrogen-bond donors (Lipinski definition) is 1. The summed E-state index contributed by atoms with van der Waals surface area (Å²) in [7, 11) is 0. The Morgan fingerprint density at radius 2 is 1.59 bits per heavy atom. The van der Waals surface area contributed by atoms with Gasteiger partial charge in [-0.15, -0.1) is 6.58 Å². The predicted octanol–water partition coefficient (Wildman–Crippen LogP) is 5.07. The van der Waals surface area contributed by atoms with Gasteiger partial charge in [0.2, 0.25) is 0 Å². The Kier molecular flexibility index (Phi) is 13.5. The first kappa shape index (κ1) is 16.7. The lowest BCUT2D eigenvalue weighted by Crippen LogP contribution is -2.28. The molecule has 1 unspecified atom stereocenters. The van der Waals surface area contributed by atoms with E-state index in [9.17, 15) is 0 Å². The van der Waals surface area contributed by atoms with E-state index < -0.39 is 0 Å². The summed E-state index contributed by atoms with van der Waals surface area (Å²) in [6.45, 7) is 9.38. The number of allylic oxidation sites excluding steroid dienone is 1. The fraction of sp³-hybridized carbons (Fsp3) is 0.875. The van der Waals surface area contributed by atoms with Gasteiger partial charge in [0.05, 0.1) is 0 Å². The van der Waals surface area contributed by atoms with E-state index in [2.05, 4.69) is 25.7 Å². The van der Waals surface area contributed by atoms with Crippen molar-refractivity contribution in [2.45, 2.75) is 84.1 Å². The molecule has 1 nitrogen and oxygen atoms in total. The first-order valence-electron chi connectivity index (χ1n) is 7.69. The molecule has 0 aliphatic carbocycles. The van der Waals surface area contributed by atoms with Gasteiger partial charge in [-0.25, -0.2) is 0 Å². The Morgan fingerprint density at radius 1 is 0.941 bits per heavy atom. The highest BCUT2D eigenvalue weighted by molar-refractivity contribution is 4.71. The van der Waals surface area contributed by atoms with E-state index in [4.69, 9.17) is 0 Å². The molecule has 102 valence electrons. The van der Waals surface area contributed by atoms with Crippen molar-refractivity contribution in [1.82, 2.24) is 5.32 Å². The summed E-state index contributed by atoms with van der Waals surface area (Å²) in [5.41, 5.74) is 0. The zero-order valence-electron chi connectivity index (χ0n) is 12.1. The van der Waals surface area contributed by atoms with Crippen LogP contribution in [0.4, 0.5) is 0 Å². The molecule has 0 heterocycles. The normalized spacial score (nSPS) is 12.6. The van der Waals surface area contributed by atoms with E-state index in [0.717, 1.165) is 12.6 Å². The van der Waals surface area contributed by atoms with Gasteiger partial charge in [-0.3, -0.25) is 0 Å². The molecule has 0 aromatic carbocycles. The van der Waals surface area contributed by atoms with Crippen LogP contribution in [0.3, 0.4) is 0 Å². The van der Waals surface area contributed by atoms with Gasteiger partial charge in [-0.05, 0) is 32.2 Å². The van der Waals surface area contributed by atoms with Crippen LogP contribution in [0.5, 0.6) is 0 Å². The van der Waals surface area contributed by atoms with Gasteiger partial charge in [0.1, 0.15) is 0 Å². The van der Waals surface area contributed by atoms with Gasteiger partial charge in [-0.2, -0.15) is 0 Å². The summed E-state index contributed by atoms with van der Waals surface area (Å²) in [5, 5.41) is 3.61. The van der Waals surface area contributed by atoms with Crippen LogP contribution in [-0.2, 0) is 0 Å². The molecule has 0 aliphatic heterocycles. The molecule has 0 saturated heterocycles. The van der Waals surface area contributed by atoms with E-state index in [-0.39, 0.29) is 0 Å². The number of nitrogens with one attached hydrogen (secondary N) is 1. The Labute approximate surface area is 109 Å². The Balaban J connectivity index is 3.44. The minimum Gasteiger partial charge on any atom is -0.314 e. The van der Waals surface area contributed by atoms with Gasteiger partial charge in [-0.1, -0.05) is 58.4 Å². The van der Waals surface area contributed by atoms with Crippen LogP contribution < -0.4 is 5.32 Å².